The Kier molecular flexibility index (Phi) is 5.09. The third-order valence-electron chi connectivity index (χ3n) is 3.58. The molecule has 0 saturated heterocycles. The lowest BCUT2D eigenvalue weighted by Crippen LogP contribution is -2.27. The summed E-state index contributed by atoms with van der Waals surface area (Å²) in [4.78, 5) is 1.50. The van der Waals surface area contributed by atoms with E-state index in [1.54, 1.807) is 0 Å². The molecule has 1 fully saturated rings. The van der Waals surface area contributed by atoms with Crippen LogP contribution in [0.15, 0.2) is 17.5 Å². The van der Waals surface area contributed by atoms with Crippen LogP contribution < -0.4 is 5.32 Å². The maximum absolute atomic E-state index is 5.29. The third kappa shape index (κ3) is 3.59. The summed E-state index contributed by atoms with van der Waals surface area (Å²) >= 11 is 1.88. The molecule has 0 aromatic carbocycles. The van der Waals surface area contributed by atoms with Gasteiger partial charge in [-0.1, -0.05) is 18.9 Å². The van der Waals surface area contributed by atoms with Crippen molar-refractivity contribution in [2.75, 3.05) is 6.54 Å². The van der Waals surface area contributed by atoms with Gasteiger partial charge in [0.2, 0.25) is 0 Å². The molecule has 1 aromatic heterocycles. The van der Waals surface area contributed by atoms with Crippen molar-refractivity contribution in [3.05, 3.63) is 22.4 Å². The Morgan fingerprint density at radius 3 is 2.94 bits per heavy atom. The minimum Gasteiger partial charge on any atom is -0.309 e. The maximum Gasteiger partial charge on any atom is 0.0443 e. The highest BCUT2D eigenvalue weighted by Gasteiger charge is 2.26. The van der Waals surface area contributed by atoms with Gasteiger partial charge in [0.25, 0.3) is 0 Å². The number of unbranched alkanes of at least 4 members (excludes halogenated alkanes) is 1. The van der Waals surface area contributed by atoms with Crippen LogP contribution >= 0.6 is 11.3 Å². The molecule has 1 heterocycles. The second-order valence-electron chi connectivity index (χ2n) is 4.80. The Morgan fingerprint density at radius 1 is 1.47 bits per heavy atom. The Bertz CT molecular complexity index is 343. The van der Waals surface area contributed by atoms with Crippen LogP contribution in [0.3, 0.4) is 0 Å². The van der Waals surface area contributed by atoms with Gasteiger partial charge >= 0.3 is 0 Å². The van der Waals surface area contributed by atoms with Crippen molar-refractivity contribution in [1.82, 2.24) is 5.32 Å². The molecule has 1 aromatic rings. The Hall–Kier alpha value is -0.780. The van der Waals surface area contributed by atoms with E-state index in [1.165, 1.54) is 30.6 Å². The zero-order valence-corrected chi connectivity index (χ0v) is 11.1. The third-order valence-corrected chi connectivity index (χ3v) is 4.54. The van der Waals surface area contributed by atoms with Gasteiger partial charge in [0.1, 0.15) is 0 Å². The predicted molar refractivity (Wildman–Crippen MR) is 75.1 cm³/mol. The SMILES string of the molecule is C#CCCCNC(c1cccs1)C1CCCC1. The van der Waals surface area contributed by atoms with Crippen molar-refractivity contribution < 1.29 is 0 Å². The van der Waals surface area contributed by atoms with Crippen LogP contribution in [0.2, 0.25) is 0 Å². The standard InChI is InChI=1S/C15H21NS/c1-2-3-6-11-16-15(13-8-4-5-9-13)14-10-7-12-17-14/h1,7,10,12-13,15-16H,3-6,8-9,11H2. The van der Waals surface area contributed by atoms with Gasteiger partial charge in [-0.05, 0) is 43.2 Å². The molecule has 0 bridgehead atoms. The molecule has 2 heteroatoms. The highest BCUT2D eigenvalue weighted by molar-refractivity contribution is 7.10. The fourth-order valence-corrected chi connectivity index (χ4v) is 3.60. The van der Waals surface area contributed by atoms with E-state index in [0.29, 0.717) is 6.04 Å². The second-order valence-corrected chi connectivity index (χ2v) is 5.78. The van der Waals surface area contributed by atoms with Gasteiger partial charge in [0.15, 0.2) is 0 Å². The highest BCUT2D eigenvalue weighted by atomic mass is 32.1. The molecule has 1 atom stereocenters. The molecule has 0 amide bonds. The van der Waals surface area contributed by atoms with E-state index in [0.717, 1.165) is 25.3 Å². The van der Waals surface area contributed by atoms with Gasteiger partial charge in [-0.3, -0.25) is 0 Å². The van der Waals surface area contributed by atoms with Gasteiger partial charge in [-0.15, -0.1) is 23.7 Å². The van der Waals surface area contributed by atoms with Gasteiger partial charge in [-0.2, -0.15) is 0 Å². The van der Waals surface area contributed by atoms with Gasteiger partial charge in [0.05, 0.1) is 0 Å². The summed E-state index contributed by atoms with van der Waals surface area (Å²) in [5.41, 5.74) is 0. The number of thiophene rings is 1. The quantitative estimate of drug-likeness (QED) is 0.592. The molecule has 0 aliphatic heterocycles. The van der Waals surface area contributed by atoms with E-state index >= 15 is 0 Å². The van der Waals surface area contributed by atoms with Crippen molar-refractivity contribution in [2.45, 2.75) is 44.6 Å². The Morgan fingerprint density at radius 2 is 2.29 bits per heavy atom. The van der Waals surface area contributed by atoms with E-state index in [9.17, 15) is 0 Å². The molecule has 92 valence electrons. The number of hydrogen-bond donors (Lipinski definition) is 1. The van der Waals surface area contributed by atoms with Crippen LogP contribution in [0.25, 0.3) is 0 Å². The van der Waals surface area contributed by atoms with E-state index in [4.69, 9.17) is 6.42 Å². The first-order chi connectivity index (χ1) is 8.42. The second kappa shape index (κ2) is 6.83. The van der Waals surface area contributed by atoms with Crippen LogP contribution in [0.5, 0.6) is 0 Å². The van der Waals surface area contributed by atoms with Crippen molar-refractivity contribution in [3.63, 3.8) is 0 Å². The predicted octanol–water partition coefficient (Wildman–Crippen LogP) is 3.98. The van der Waals surface area contributed by atoms with Crippen molar-refractivity contribution >= 4 is 11.3 Å². The van der Waals surface area contributed by atoms with Crippen LogP contribution in [-0.2, 0) is 0 Å². The highest BCUT2D eigenvalue weighted by Crippen LogP contribution is 2.37. The summed E-state index contributed by atoms with van der Waals surface area (Å²) in [7, 11) is 0. The average Bonchev–Trinajstić information content (AvgIpc) is 3.02. The first kappa shape index (κ1) is 12.7. The topological polar surface area (TPSA) is 12.0 Å². The maximum atomic E-state index is 5.29. The van der Waals surface area contributed by atoms with Crippen LogP contribution in [-0.4, -0.2) is 6.54 Å². The molecule has 1 N–H and O–H groups in total. The van der Waals surface area contributed by atoms with Gasteiger partial charge in [-0.25, -0.2) is 0 Å². The lowest BCUT2D eigenvalue weighted by Gasteiger charge is -2.23. The minimum atomic E-state index is 0.565. The molecule has 1 unspecified atom stereocenters. The fraction of sp³-hybridized carbons (Fsp3) is 0.600. The summed E-state index contributed by atoms with van der Waals surface area (Å²) in [6, 6.07) is 4.99. The van der Waals surface area contributed by atoms with Crippen molar-refractivity contribution in [1.29, 1.82) is 0 Å². The van der Waals surface area contributed by atoms with E-state index in [1.807, 2.05) is 11.3 Å². The summed E-state index contributed by atoms with van der Waals surface area (Å²) in [5.74, 6) is 3.54. The number of nitrogens with one attached hydrogen (secondary N) is 1. The lowest BCUT2D eigenvalue weighted by atomic mass is 9.96. The molecular formula is C15H21NS. The molecule has 2 rings (SSSR count). The van der Waals surface area contributed by atoms with E-state index in [-0.39, 0.29) is 0 Å². The fourth-order valence-electron chi connectivity index (χ4n) is 2.71. The minimum absolute atomic E-state index is 0.565. The Balaban J connectivity index is 1.91. The smallest absolute Gasteiger partial charge is 0.0443 e. The number of terminal acetylenes is 1. The zero-order chi connectivity index (χ0) is 11.9. The summed E-state index contributed by atoms with van der Waals surface area (Å²) in [5, 5.41) is 5.89. The molecule has 1 nitrogen and oxygen atoms in total. The molecule has 17 heavy (non-hydrogen) atoms. The van der Waals surface area contributed by atoms with Gasteiger partial charge in [0, 0.05) is 17.3 Å². The molecule has 0 radical (unpaired) electrons. The summed E-state index contributed by atoms with van der Waals surface area (Å²) in [6.07, 6.45) is 12.8. The Labute approximate surface area is 109 Å². The molecule has 1 aliphatic rings. The van der Waals surface area contributed by atoms with Crippen LogP contribution in [0.1, 0.15) is 49.4 Å². The molecule has 1 aliphatic carbocycles. The first-order valence-corrected chi connectivity index (χ1v) is 7.50. The van der Waals surface area contributed by atoms with E-state index in [2.05, 4.69) is 28.8 Å². The van der Waals surface area contributed by atoms with Crippen molar-refractivity contribution in [3.8, 4) is 12.3 Å². The largest absolute Gasteiger partial charge is 0.309 e. The monoisotopic (exact) mass is 247 g/mol. The average molecular weight is 247 g/mol. The number of rotatable bonds is 6. The molecular weight excluding hydrogens is 226 g/mol. The van der Waals surface area contributed by atoms with Crippen LogP contribution in [0.4, 0.5) is 0 Å². The van der Waals surface area contributed by atoms with E-state index < -0.39 is 0 Å². The van der Waals surface area contributed by atoms with Crippen molar-refractivity contribution in [2.24, 2.45) is 5.92 Å². The van der Waals surface area contributed by atoms with Crippen LogP contribution in [0, 0.1) is 18.3 Å². The number of hydrogen-bond acceptors (Lipinski definition) is 2. The normalized spacial score (nSPS) is 18.1. The molecule has 0 spiro atoms. The van der Waals surface area contributed by atoms with Gasteiger partial charge < -0.3 is 5.32 Å². The summed E-state index contributed by atoms with van der Waals surface area (Å²) in [6.45, 7) is 1.04. The lowest BCUT2D eigenvalue weighted by molar-refractivity contribution is 0.371. The first-order valence-electron chi connectivity index (χ1n) is 6.62. The molecule has 1 saturated carbocycles. The zero-order valence-electron chi connectivity index (χ0n) is 10.3. The summed E-state index contributed by atoms with van der Waals surface area (Å²) < 4.78 is 0.